The number of pyridine rings is 1. The average molecular weight is 520 g/mol. The predicted molar refractivity (Wildman–Crippen MR) is 131 cm³/mol. The summed E-state index contributed by atoms with van der Waals surface area (Å²) in [5.41, 5.74) is 2.26. The second kappa shape index (κ2) is 11.2. The first-order valence-electron chi connectivity index (χ1n) is 10.7. The van der Waals surface area contributed by atoms with Crippen LogP contribution in [0.1, 0.15) is 17.2 Å². The second-order valence-electron chi connectivity index (χ2n) is 7.62. The number of hydrogen-bond donors (Lipinski definition) is 2. The summed E-state index contributed by atoms with van der Waals surface area (Å²) in [4.78, 5) is 8.51. The number of aromatic nitrogens is 2. The number of nitrogens with one attached hydrogen (secondary N) is 1. The zero-order chi connectivity index (χ0) is 24.8. The first-order chi connectivity index (χ1) is 16.8. The highest BCUT2D eigenvalue weighted by atomic mass is 35.5. The van der Waals surface area contributed by atoms with Gasteiger partial charge in [-0.1, -0.05) is 29.8 Å². The van der Waals surface area contributed by atoms with Crippen molar-refractivity contribution in [1.82, 2.24) is 15.3 Å². The molecular formula is C25H21ClF3N3O2S. The second-order valence-corrected chi connectivity index (χ2v) is 8.87. The fourth-order valence-electron chi connectivity index (χ4n) is 3.24. The molecule has 4 rings (SSSR count). The molecule has 0 aliphatic heterocycles. The molecule has 0 fully saturated rings. The van der Waals surface area contributed by atoms with Crippen molar-refractivity contribution in [2.24, 2.45) is 0 Å². The maximum Gasteiger partial charge on any atom is 0.416 e. The Hall–Kier alpha value is -2.98. The van der Waals surface area contributed by atoms with Crippen LogP contribution < -0.4 is 10.1 Å². The molecule has 0 bridgehead atoms. The third kappa shape index (κ3) is 6.79. The van der Waals surface area contributed by atoms with Crippen molar-refractivity contribution in [3.63, 3.8) is 0 Å². The van der Waals surface area contributed by atoms with Gasteiger partial charge in [0.1, 0.15) is 22.5 Å². The number of benzene rings is 2. The summed E-state index contributed by atoms with van der Waals surface area (Å²) in [6.07, 6.45) is -3.51. The summed E-state index contributed by atoms with van der Waals surface area (Å²) in [6, 6.07) is 15.8. The molecule has 2 aromatic heterocycles. The lowest BCUT2D eigenvalue weighted by Gasteiger charge is -2.12. The summed E-state index contributed by atoms with van der Waals surface area (Å²) in [5.74, 6) is 0.691. The average Bonchev–Trinajstić information content (AvgIpc) is 3.34. The standard InChI is InChI=1S/C25H21ClF3N3O2S/c26-23-10-5-18(13-31-23)22(33)14-30-11-12-34-20-8-3-16(4-9-20)21-15-35-24(32-21)17-1-6-19(7-2-17)25(27,28)29/h1-10,13,15,22,30,33H,11-12,14H2/t22-/m0/s1. The van der Waals surface area contributed by atoms with Gasteiger partial charge in [-0.2, -0.15) is 13.2 Å². The highest BCUT2D eigenvalue weighted by Crippen LogP contribution is 2.33. The number of aliphatic hydroxyl groups excluding tert-OH is 1. The lowest BCUT2D eigenvalue weighted by atomic mass is 10.1. The summed E-state index contributed by atoms with van der Waals surface area (Å²) < 4.78 is 44.0. The van der Waals surface area contributed by atoms with Crippen LogP contribution >= 0.6 is 22.9 Å². The lowest BCUT2D eigenvalue weighted by molar-refractivity contribution is -0.137. The van der Waals surface area contributed by atoms with E-state index < -0.39 is 17.8 Å². The van der Waals surface area contributed by atoms with Crippen molar-refractivity contribution in [1.29, 1.82) is 0 Å². The Morgan fingerprint density at radius 1 is 1.00 bits per heavy atom. The summed E-state index contributed by atoms with van der Waals surface area (Å²) in [6.45, 7) is 1.32. The zero-order valence-corrected chi connectivity index (χ0v) is 19.9. The molecule has 0 saturated heterocycles. The van der Waals surface area contributed by atoms with Gasteiger partial charge < -0.3 is 15.2 Å². The molecule has 2 heterocycles. The van der Waals surface area contributed by atoms with Crippen molar-refractivity contribution in [3.05, 3.63) is 88.5 Å². The van der Waals surface area contributed by atoms with Crippen molar-refractivity contribution in [2.75, 3.05) is 19.7 Å². The highest BCUT2D eigenvalue weighted by Gasteiger charge is 2.30. The Bertz CT molecular complexity index is 1230. The smallest absolute Gasteiger partial charge is 0.416 e. The van der Waals surface area contributed by atoms with Gasteiger partial charge in [0.15, 0.2) is 0 Å². The number of thiazole rings is 1. The number of hydrogen-bond acceptors (Lipinski definition) is 6. The monoisotopic (exact) mass is 519 g/mol. The maximum absolute atomic E-state index is 12.8. The van der Waals surface area contributed by atoms with E-state index in [2.05, 4.69) is 15.3 Å². The molecule has 0 spiro atoms. The first-order valence-corrected chi connectivity index (χ1v) is 11.9. The van der Waals surface area contributed by atoms with E-state index in [1.54, 1.807) is 18.3 Å². The van der Waals surface area contributed by atoms with Crippen molar-refractivity contribution >= 4 is 22.9 Å². The Kier molecular flexibility index (Phi) is 8.02. The number of halogens is 4. The highest BCUT2D eigenvalue weighted by molar-refractivity contribution is 7.13. The molecule has 0 unspecified atom stereocenters. The van der Waals surface area contributed by atoms with Crippen LogP contribution in [0.4, 0.5) is 13.2 Å². The Balaban J connectivity index is 1.25. The number of aliphatic hydroxyl groups is 1. The Labute approximate surface area is 209 Å². The predicted octanol–water partition coefficient (Wildman–Crippen LogP) is 6.25. The van der Waals surface area contributed by atoms with Gasteiger partial charge in [0, 0.05) is 41.4 Å². The first kappa shape index (κ1) is 25.1. The molecule has 35 heavy (non-hydrogen) atoms. The molecule has 2 N–H and O–H groups in total. The van der Waals surface area contributed by atoms with E-state index in [-0.39, 0.29) is 0 Å². The van der Waals surface area contributed by atoms with E-state index in [0.29, 0.717) is 46.7 Å². The molecule has 0 saturated carbocycles. The molecular weight excluding hydrogens is 499 g/mol. The van der Waals surface area contributed by atoms with E-state index >= 15 is 0 Å². The SMILES string of the molecule is O[C@@H](CNCCOc1ccc(-c2csc(-c3ccc(C(F)(F)F)cc3)n2)cc1)c1ccc(Cl)nc1. The van der Waals surface area contributed by atoms with Crippen molar-refractivity contribution in [3.8, 4) is 27.6 Å². The summed E-state index contributed by atoms with van der Waals surface area (Å²) in [7, 11) is 0. The van der Waals surface area contributed by atoms with Crippen LogP contribution in [-0.2, 0) is 6.18 Å². The van der Waals surface area contributed by atoms with Crippen LogP contribution in [0.2, 0.25) is 5.15 Å². The normalized spacial score (nSPS) is 12.5. The molecule has 5 nitrogen and oxygen atoms in total. The molecule has 0 radical (unpaired) electrons. The van der Waals surface area contributed by atoms with Crippen molar-refractivity contribution in [2.45, 2.75) is 12.3 Å². The van der Waals surface area contributed by atoms with Gasteiger partial charge >= 0.3 is 6.18 Å². The minimum atomic E-state index is -4.36. The third-order valence-electron chi connectivity index (χ3n) is 5.13. The van der Waals surface area contributed by atoms with E-state index in [0.717, 1.165) is 23.4 Å². The lowest BCUT2D eigenvalue weighted by Crippen LogP contribution is -2.26. The number of alkyl halides is 3. The Morgan fingerprint density at radius 3 is 2.37 bits per heavy atom. The minimum absolute atomic E-state index is 0.358. The number of ether oxygens (including phenoxy) is 1. The minimum Gasteiger partial charge on any atom is -0.492 e. The van der Waals surface area contributed by atoms with Crippen LogP contribution in [0.3, 0.4) is 0 Å². The molecule has 10 heteroatoms. The van der Waals surface area contributed by atoms with E-state index in [1.807, 2.05) is 29.6 Å². The van der Waals surface area contributed by atoms with Crippen LogP contribution in [0.15, 0.2) is 72.2 Å². The van der Waals surface area contributed by atoms with E-state index in [9.17, 15) is 18.3 Å². The molecule has 0 amide bonds. The molecule has 1 atom stereocenters. The molecule has 182 valence electrons. The van der Waals surface area contributed by atoms with Crippen LogP contribution in [-0.4, -0.2) is 34.8 Å². The largest absolute Gasteiger partial charge is 0.492 e. The van der Waals surface area contributed by atoms with Gasteiger partial charge in [-0.05, 0) is 42.5 Å². The van der Waals surface area contributed by atoms with Gasteiger partial charge in [0.05, 0.1) is 17.4 Å². The van der Waals surface area contributed by atoms with Gasteiger partial charge in [0.2, 0.25) is 0 Å². The Morgan fingerprint density at radius 2 is 1.71 bits per heavy atom. The van der Waals surface area contributed by atoms with Crippen LogP contribution in [0, 0.1) is 0 Å². The van der Waals surface area contributed by atoms with Crippen molar-refractivity contribution < 1.29 is 23.0 Å². The van der Waals surface area contributed by atoms with Gasteiger partial charge in [-0.25, -0.2) is 9.97 Å². The quantitative estimate of drug-likeness (QED) is 0.202. The van der Waals surface area contributed by atoms with E-state index in [4.69, 9.17) is 16.3 Å². The maximum atomic E-state index is 12.8. The van der Waals surface area contributed by atoms with Gasteiger partial charge in [0.25, 0.3) is 0 Å². The molecule has 0 aliphatic rings. The third-order valence-corrected chi connectivity index (χ3v) is 6.25. The van der Waals surface area contributed by atoms with Gasteiger partial charge in [-0.3, -0.25) is 0 Å². The number of nitrogens with zero attached hydrogens (tertiary/aromatic N) is 2. The fraction of sp³-hybridized carbons (Fsp3) is 0.200. The van der Waals surface area contributed by atoms with Crippen LogP contribution in [0.25, 0.3) is 21.8 Å². The summed E-state index contributed by atoms with van der Waals surface area (Å²) >= 11 is 7.12. The molecule has 4 aromatic rings. The van der Waals surface area contributed by atoms with E-state index in [1.165, 1.54) is 23.5 Å². The zero-order valence-electron chi connectivity index (χ0n) is 18.3. The number of rotatable bonds is 9. The van der Waals surface area contributed by atoms with Crippen LogP contribution in [0.5, 0.6) is 5.75 Å². The molecule has 0 aliphatic carbocycles. The molecule has 2 aromatic carbocycles. The van der Waals surface area contributed by atoms with Gasteiger partial charge in [-0.15, -0.1) is 11.3 Å². The fourth-order valence-corrected chi connectivity index (χ4v) is 4.19. The summed E-state index contributed by atoms with van der Waals surface area (Å²) in [5, 5.41) is 16.2. The topological polar surface area (TPSA) is 67.3 Å².